The quantitative estimate of drug-likeness (QED) is 0.455. The Kier molecular flexibility index (Phi) is 4.46. The van der Waals surface area contributed by atoms with Gasteiger partial charge in [0.1, 0.15) is 0 Å². The number of ketones is 1. The maximum atomic E-state index is 10.8. The summed E-state index contributed by atoms with van der Waals surface area (Å²) in [6.45, 7) is 2.80. The van der Waals surface area contributed by atoms with E-state index in [9.17, 15) is 9.59 Å². The zero-order valence-corrected chi connectivity index (χ0v) is 10.0. The van der Waals surface area contributed by atoms with Gasteiger partial charge in [-0.25, -0.2) is 0 Å². The number of benzene rings is 1. The average molecular weight is 234 g/mol. The summed E-state index contributed by atoms with van der Waals surface area (Å²) in [6, 6.07) is 5.05. The molecule has 0 saturated carbocycles. The average Bonchev–Trinajstić information content (AvgIpc) is 2.26. The van der Waals surface area contributed by atoms with E-state index < -0.39 is 5.97 Å². The summed E-state index contributed by atoms with van der Waals surface area (Å²) in [5, 5.41) is 0. The van der Waals surface area contributed by atoms with Crippen molar-refractivity contribution in [2.24, 2.45) is 0 Å². The van der Waals surface area contributed by atoms with E-state index in [-0.39, 0.29) is 5.78 Å². The van der Waals surface area contributed by atoms with Crippen LogP contribution >= 0.6 is 0 Å². The molecule has 0 spiro atoms. The van der Waals surface area contributed by atoms with Crippen molar-refractivity contribution in [3.63, 3.8) is 0 Å². The van der Waals surface area contributed by atoms with Crippen LogP contribution < -0.4 is 9.47 Å². The predicted octanol–water partition coefficient (Wildman–Crippen LogP) is 2.22. The second-order valence-electron chi connectivity index (χ2n) is 3.45. The van der Waals surface area contributed by atoms with Crippen LogP contribution in [-0.2, 0) is 9.59 Å². The highest BCUT2D eigenvalue weighted by molar-refractivity contribution is 5.91. The van der Waals surface area contributed by atoms with Crippen LogP contribution in [0.3, 0.4) is 0 Å². The van der Waals surface area contributed by atoms with Gasteiger partial charge in [0.05, 0.1) is 7.11 Å². The van der Waals surface area contributed by atoms with E-state index in [1.807, 2.05) is 0 Å². The van der Waals surface area contributed by atoms with Gasteiger partial charge in [-0.15, -0.1) is 0 Å². The Morgan fingerprint density at radius 3 is 2.41 bits per heavy atom. The van der Waals surface area contributed by atoms with Crippen molar-refractivity contribution >= 4 is 17.8 Å². The first-order chi connectivity index (χ1) is 8.02. The van der Waals surface area contributed by atoms with Gasteiger partial charge in [0.2, 0.25) is 0 Å². The molecule has 1 aromatic carbocycles. The summed E-state index contributed by atoms with van der Waals surface area (Å²) in [5.41, 5.74) is 0.799. The van der Waals surface area contributed by atoms with E-state index >= 15 is 0 Å². The smallest absolute Gasteiger partial charge is 0.308 e. The molecule has 0 aliphatic carbocycles. The van der Waals surface area contributed by atoms with Crippen LogP contribution in [0.25, 0.3) is 6.08 Å². The first-order valence-corrected chi connectivity index (χ1v) is 5.08. The van der Waals surface area contributed by atoms with Gasteiger partial charge in [-0.3, -0.25) is 9.59 Å². The molecule has 17 heavy (non-hydrogen) atoms. The molecule has 0 bridgehead atoms. The maximum Gasteiger partial charge on any atom is 0.308 e. The van der Waals surface area contributed by atoms with Crippen LogP contribution in [0.15, 0.2) is 24.3 Å². The lowest BCUT2D eigenvalue weighted by molar-refractivity contribution is -0.132. The Balaban J connectivity index is 2.99. The first-order valence-electron chi connectivity index (χ1n) is 5.08. The third-order valence-electron chi connectivity index (χ3n) is 1.95. The number of hydrogen-bond acceptors (Lipinski definition) is 4. The minimum absolute atomic E-state index is 0.0342. The van der Waals surface area contributed by atoms with Crippen LogP contribution in [-0.4, -0.2) is 18.9 Å². The summed E-state index contributed by atoms with van der Waals surface area (Å²) in [5.74, 6) is 0.370. The van der Waals surface area contributed by atoms with Gasteiger partial charge < -0.3 is 9.47 Å². The lowest BCUT2D eigenvalue weighted by atomic mass is 10.2. The van der Waals surface area contributed by atoms with Crippen molar-refractivity contribution in [3.05, 3.63) is 29.8 Å². The van der Waals surface area contributed by atoms with Gasteiger partial charge >= 0.3 is 5.97 Å². The third kappa shape index (κ3) is 4.10. The molecule has 0 aliphatic rings. The second kappa shape index (κ2) is 5.84. The molecule has 1 aromatic rings. The van der Waals surface area contributed by atoms with Gasteiger partial charge in [-0.05, 0) is 30.7 Å². The van der Waals surface area contributed by atoms with Crippen molar-refractivity contribution in [1.29, 1.82) is 0 Å². The fraction of sp³-hybridized carbons (Fsp3) is 0.231. The number of hydrogen-bond donors (Lipinski definition) is 0. The van der Waals surface area contributed by atoms with Crippen molar-refractivity contribution < 1.29 is 19.1 Å². The highest BCUT2D eigenvalue weighted by Gasteiger charge is 2.06. The molecular formula is C13H14O4. The van der Waals surface area contributed by atoms with Crippen LogP contribution in [0.1, 0.15) is 19.4 Å². The van der Waals surface area contributed by atoms with Gasteiger partial charge in [0.25, 0.3) is 0 Å². The monoisotopic (exact) mass is 234 g/mol. The highest BCUT2D eigenvalue weighted by atomic mass is 16.6. The van der Waals surface area contributed by atoms with Gasteiger partial charge in [-0.1, -0.05) is 12.1 Å². The summed E-state index contributed by atoms with van der Waals surface area (Å²) in [6.07, 6.45) is 3.13. The number of methoxy groups -OCH3 is 1. The van der Waals surface area contributed by atoms with E-state index in [4.69, 9.17) is 9.47 Å². The molecule has 0 N–H and O–H groups in total. The fourth-order valence-corrected chi connectivity index (χ4v) is 1.24. The lowest BCUT2D eigenvalue weighted by Crippen LogP contribution is -2.03. The number of rotatable bonds is 4. The van der Waals surface area contributed by atoms with E-state index in [0.29, 0.717) is 11.5 Å². The van der Waals surface area contributed by atoms with Crippen LogP contribution in [0.2, 0.25) is 0 Å². The summed E-state index contributed by atoms with van der Waals surface area (Å²) < 4.78 is 10.1. The summed E-state index contributed by atoms with van der Waals surface area (Å²) >= 11 is 0. The second-order valence-corrected chi connectivity index (χ2v) is 3.45. The molecule has 0 atom stereocenters. The molecular weight excluding hydrogens is 220 g/mol. The van der Waals surface area contributed by atoms with Crippen molar-refractivity contribution in [1.82, 2.24) is 0 Å². The lowest BCUT2D eigenvalue weighted by Gasteiger charge is -2.08. The molecule has 4 heteroatoms. The first kappa shape index (κ1) is 13.0. The van der Waals surface area contributed by atoms with E-state index in [2.05, 4.69) is 0 Å². The number of ether oxygens (including phenoxy) is 2. The van der Waals surface area contributed by atoms with E-state index in [1.165, 1.54) is 27.0 Å². The molecule has 0 saturated heterocycles. The standard InChI is InChI=1S/C13H14O4/c1-9(14)4-5-11-6-7-12(17-10(2)15)13(8-11)16-3/h4-8H,1-3H3/b5-4+. The Labute approximate surface area is 99.8 Å². The number of allylic oxidation sites excluding steroid dienone is 1. The fourth-order valence-electron chi connectivity index (χ4n) is 1.24. The molecule has 0 fully saturated rings. The molecule has 0 aromatic heterocycles. The topological polar surface area (TPSA) is 52.6 Å². The summed E-state index contributed by atoms with van der Waals surface area (Å²) in [7, 11) is 1.49. The Morgan fingerprint density at radius 1 is 1.18 bits per heavy atom. The van der Waals surface area contributed by atoms with Crippen molar-refractivity contribution in [2.75, 3.05) is 7.11 Å². The Bertz CT molecular complexity index is 460. The molecule has 1 rings (SSSR count). The SMILES string of the molecule is COc1cc(/C=C/C(C)=O)ccc1OC(C)=O. The molecule has 0 heterocycles. The zero-order valence-electron chi connectivity index (χ0n) is 10.0. The van der Waals surface area contributed by atoms with Gasteiger partial charge in [-0.2, -0.15) is 0 Å². The largest absolute Gasteiger partial charge is 0.493 e. The van der Waals surface area contributed by atoms with Crippen LogP contribution in [0.4, 0.5) is 0 Å². The molecule has 0 aliphatic heterocycles. The maximum absolute atomic E-state index is 10.8. The number of carbonyl (C=O) groups is 2. The molecule has 0 unspecified atom stereocenters. The Hall–Kier alpha value is -2.10. The van der Waals surface area contributed by atoms with E-state index in [0.717, 1.165) is 5.56 Å². The predicted molar refractivity (Wildman–Crippen MR) is 64.0 cm³/mol. The molecule has 0 radical (unpaired) electrons. The van der Waals surface area contributed by atoms with Crippen molar-refractivity contribution in [2.45, 2.75) is 13.8 Å². The van der Waals surface area contributed by atoms with Crippen LogP contribution in [0, 0.1) is 0 Å². The normalized spacial score (nSPS) is 10.3. The molecule has 0 amide bonds. The van der Waals surface area contributed by atoms with E-state index in [1.54, 1.807) is 24.3 Å². The van der Waals surface area contributed by atoms with Gasteiger partial charge in [0, 0.05) is 6.92 Å². The zero-order chi connectivity index (χ0) is 12.8. The van der Waals surface area contributed by atoms with Crippen molar-refractivity contribution in [3.8, 4) is 11.5 Å². The minimum Gasteiger partial charge on any atom is -0.493 e. The minimum atomic E-state index is -0.407. The number of esters is 1. The Morgan fingerprint density at radius 2 is 1.88 bits per heavy atom. The third-order valence-corrected chi connectivity index (χ3v) is 1.95. The molecule has 4 nitrogen and oxygen atoms in total. The summed E-state index contributed by atoms with van der Waals surface area (Å²) in [4.78, 5) is 21.6. The molecule has 90 valence electrons. The highest BCUT2D eigenvalue weighted by Crippen LogP contribution is 2.28. The van der Waals surface area contributed by atoms with Gasteiger partial charge in [0.15, 0.2) is 17.3 Å². The number of carbonyl (C=O) groups excluding carboxylic acids is 2. The van der Waals surface area contributed by atoms with Crippen LogP contribution in [0.5, 0.6) is 11.5 Å².